The third kappa shape index (κ3) is 3.23. The van der Waals surface area contributed by atoms with Crippen LogP contribution in [0.5, 0.6) is 5.75 Å². The molecule has 0 amide bonds. The lowest BCUT2D eigenvalue weighted by molar-refractivity contribution is 0.475. The zero-order valence-corrected chi connectivity index (χ0v) is 13.6. The van der Waals surface area contributed by atoms with Gasteiger partial charge < -0.3 is 16.2 Å². The molecule has 0 aliphatic heterocycles. The van der Waals surface area contributed by atoms with Crippen molar-refractivity contribution in [2.24, 2.45) is 0 Å². The van der Waals surface area contributed by atoms with Gasteiger partial charge in [0.2, 0.25) is 0 Å². The van der Waals surface area contributed by atoms with E-state index in [4.69, 9.17) is 5.73 Å². The summed E-state index contributed by atoms with van der Waals surface area (Å²) in [6.07, 6.45) is 3.34. The Morgan fingerprint density at radius 1 is 1.08 bits per heavy atom. The topological polar surface area (TPSA) is 132 Å². The molecular weight excluding hydrogens is 328 g/mol. The zero-order valence-electron chi connectivity index (χ0n) is 13.6. The van der Waals surface area contributed by atoms with Gasteiger partial charge in [0.25, 0.3) is 0 Å². The second kappa shape index (κ2) is 7.20. The summed E-state index contributed by atoms with van der Waals surface area (Å²) < 4.78 is 0. The van der Waals surface area contributed by atoms with Gasteiger partial charge in [-0.15, -0.1) is 0 Å². The lowest BCUT2D eigenvalue weighted by Gasteiger charge is -2.14. The number of nitrogens with one attached hydrogen (secondary N) is 1. The summed E-state index contributed by atoms with van der Waals surface area (Å²) in [7, 11) is 0. The van der Waals surface area contributed by atoms with E-state index in [0.717, 1.165) is 5.56 Å². The van der Waals surface area contributed by atoms with Gasteiger partial charge in [0.1, 0.15) is 40.7 Å². The minimum absolute atomic E-state index is 0.0158. The summed E-state index contributed by atoms with van der Waals surface area (Å²) in [5.41, 5.74) is 8.04. The Morgan fingerprint density at radius 2 is 1.81 bits per heavy atom. The summed E-state index contributed by atoms with van der Waals surface area (Å²) in [5.74, 6) is 0.318. The monoisotopic (exact) mass is 342 g/mol. The van der Waals surface area contributed by atoms with Crippen LogP contribution in [-0.4, -0.2) is 15.1 Å². The predicted molar refractivity (Wildman–Crippen MR) is 96.7 cm³/mol. The van der Waals surface area contributed by atoms with E-state index < -0.39 is 0 Å². The van der Waals surface area contributed by atoms with E-state index in [1.54, 1.807) is 24.5 Å². The maximum Gasteiger partial charge on any atom is 0.147 e. The second-order valence-electron chi connectivity index (χ2n) is 5.45. The van der Waals surface area contributed by atoms with Crippen LogP contribution in [0, 0.1) is 22.7 Å². The first kappa shape index (κ1) is 16.7. The van der Waals surface area contributed by atoms with Crippen LogP contribution in [0.1, 0.15) is 16.7 Å². The number of aromatic hydroxyl groups is 1. The largest absolute Gasteiger partial charge is 0.508 e. The molecule has 0 unspecified atom stereocenters. The van der Waals surface area contributed by atoms with Gasteiger partial charge in [-0.1, -0.05) is 12.1 Å². The summed E-state index contributed by atoms with van der Waals surface area (Å²) in [5, 5.41) is 32.0. The fraction of sp³-hybridized carbons (Fsp3) is 0.0526. The fourth-order valence-corrected chi connectivity index (χ4v) is 2.59. The second-order valence-corrected chi connectivity index (χ2v) is 5.45. The molecule has 2 aromatic heterocycles. The van der Waals surface area contributed by atoms with E-state index in [-0.39, 0.29) is 28.5 Å². The molecule has 1 aromatic carbocycles. The van der Waals surface area contributed by atoms with Crippen LogP contribution >= 0.6 is 0 Å². The van der Waals surface area contributed by atoms with Gasteiger partial charge in [-0.2, -0.15) is 10.5 Å². The van der Waals surface area contributed by atoms with Crippen LogP contribution in [0.2, 0.25) is 0 Å². The molecule has 0 spiro atoms. The molecule has 0 saturated heterocycles. The average molecular weight is 342 g/mol. The number of hydrogen-bond acceptors (Lipinski definition) is 7. The molecule has 0 radical (unpaired) electrons. The van der Waals surface area contributed by atoms with Crippen molar-refractivity contribution in [2.75, 3.05) is 11.1 Å². The molecule has 0 saturated carbocycles. The molecular formula is C19H14N6O. The smallest absolute Gasteiger partial charge is 0.147 e. The van der Waals surface area contributed by atoms with Crippen molar-refractivity contribution in [1.82, 2.24) is 9.97 Å². The molecule has 126 valence electrons. The number of nitrogen functional groups attached to an aromatic ring is 1. The van der Waals surface area contributed by atoms with Crippen LogP contribution in [-0.2, 0) is 6.54 Å². The lowest BCUT2D eigenvalue weighted by atomic mass is 9.96. The summed E-state index contributed by atoms with van der Waals surface area (Å²) in [4.78, 5) is 8.14. The summed E-state index contributed by atoms with van der Waals surface area (Å²) in [6, 6.07) is 14.1. The number of anilines is 2. The molecule has 26 heavy (non-hydrogen) atoms. The molecule has 0 fully saturated rings. The van der Waals surface area contributed by atoms with E-state index in [1.807, 2.05) is 18.2 Å². The first-order valence-electron chi connectivity index (χ1n) is 7.70. The van der Waals surface area contributed by atoms with Crippen LogP contribution in [0.3, 0.4) is 0 Å². The summed E-state index contributed by atoms with van der Waals surface area (Å²) >= 11 is 0. The Morgan fingerprint density at radius 3 is 2.46 bits per heavy atom. The van der Waals surface area contributed by atoms with Gasteiger partial charge in [0.15, 0.2) is 0 Å². The Kier molecular flexibility index (Phi) is 4.64. The summed E-state index contributed by atoms with van der Waals surface area (Å²) in [6.45, 7) is 0.412. The molecule has 0 aliphatic carbocycles. The normalized spacial score (nSPS) is 9.92. The molecule has 4 N–H and O–H groups in total. The van der Waals surface area contributed by atoms with Gasteiger partial charge in [-0.25, -0.2) is 4.98 Å². The maximum atomic E-state index is 9.76. The van der Waals surface area contributed by atoms with Crippen molar-refractivity contribution in [3.63, 3.8) is 0 Å². The number of benzene rings is 1. The van der Waals surface area contributed by atoms with E-state index in [1.165, 1.54) is 12.1 Å². The number of hydrogen-bond donors (Lipinski definition) is 3. The van der Waals surface area contributed by atoms with Crippen molar-refractivity contribution >= 4 is 11.6 Å². The van der Waals surface area contributed by atoms with Crippen LogP contribution in [0.15, 0.2) is 48.8 Å². The number of nitriles is 2. The molecule has 0 atom stereocenters. The Bertz CT molecular complexity index is 1030. The Balaban J connectivity index is 2.12. The highest BCUT2D eigenvalue weighted by Crippen LogP contribution is 2.35. The first-order valence-corrected chi connectivity index (χ1v) is 7.70. The Hall–Kier alpha value is -4.10. The van der Waals surface area contributed by atoms with Gasteiger partial charge in [0.05, 0.1) is 0 Å². The van der Waals surface area contributed by atoms with Gasteiger partial charge in [0, 0.05) is 24.5 Å². The van der Waals surface area contributed by atoms with E-state index in [2.05, 4.69) is 21.4 Å². The number of nitrogens with two attached hydrogens (primary N) is 1. The van der Waals surface area contributed by atoms with Crippen LogP contribution in [0.25, 0.3) is 11.1 Å². The van der Waals surface area contributed by atoms with E-state index in [9.17, 15) is 15.6 Å². The van der Waals surface area contributed by atoms with Crippen molar-refractivity contribution in [1.29, 1.82) is 10.5 Å². The van der Waals surface area contributed by atoms with Gasteiger partial charge in [-0.3, -0.25) is 4.98 Å². The van der Waals surface area contributed by atoms with Crippen LogP contribution < -0.4 is 11.1 Å². The lowest BCUT2D eigenvalue weighted by Crippen LogP contribution is -2.09. The zero-order chi connectivity index (χ0) is 18.5. The van der Waals surface area contributed by atoms with Crippen LogP contribution in [0.4, 0.5) is 11.6 Å². The molecule has 3 aromatic rings. The van der Waals surface area contributed by atoms with Gasteiger partial charge >= 0.3 is 0 Å². The van der Waals surface area contributed by atoms with Crippen molar-refractivity contribution in [2.45, 2.75) is 6.54 Å². The van der Waals surface area contributed by atoms with E-state index >= 15 is 0 Å². The van der Waals surface area contributed by atoms with Crippen molar-refractivity contribution < 1.29 is 5.11 Å². The highest BCUT2D eigenvalue weighted by atomic mass is 16.3. The van der Waals surface area contributed by atoms with Crippen molar-refractivity contribution in [3.05, 3.63) is 65.5 Å². The molecule has 0 aliphatic rings. The van der Waals surface area contributed by atoms with E-state index in [0.29, 0.717) is 17.7 Å². The number of phenolic OH excluding ortho intramolecular Hbond substituents is 1. The maximum absolute atomic E-state index is 9.76. The molecule has 7 heteroatoms. The fourth-order valence-electron chi connectivity index (χ4n) is 2.59. The minimum Gasteiger partial charge on any atom is -0.508 e. The average Bonchev–Trinajstić information content (AvgIpc) is 2.66. The SMILES string of the molecule is N#Cc1c(N)nc(NCc2ccncc2)c(C#N)c1-c1cccc(O)c1. The number of rotatable bonds is 4. The molecule has 2 heterocycles. The third-order valence-corrected chi connectivity index (χ3v) is 3.79. The quantitative estimate of drug-likeness (QED) is 0.664. The third-order valence-electron chi connectivity index (χ3n) is 3.79. The number of aromatic nitrogens is 2. The number of pyridine rings is 2. The highest BCUT2D eigenvalue weighted by Gasteiger charge is 2.20. The predicted octanol–water partition coefficient (Wildman–Crippen LogP) is 2.79. The number of nitrogens with zero attached hydrogens (tertiary/aromatic N) is 4. The molecule has 7 nitrogen and oxygen atoms in total. The minimum atomic E-state index is 0.0158. The Labute approximate surface area is 150 Å². The number of phenols is 1. The first-order chi connectivity index (χ1) is 12.6. The standard InChI is InChI=1S/C19H14N6O/c20-9-15-17(13-2-1-3-14(26)8-13)16(10-21)19(25-18(15)22)24-11-12-4-6-23-7-5-12/h1-8,26H,11H2,(H3,22,24,25). The molecule has 3 rings (SSSR count). The van der Waals surface area contributed by atoms with Crippen molar-refractivity contribution in [3.8, 4) is 29.0 Å². The van der Waals surface area contributed by atoms with Gasteiger partial charge in [-0.05, 0) is 35.4 Å². The highest BCUT2D eigenvalue weighted by molar-refractivity contribution is 5.85. The molecule has 0 bridgehead atoms.